The molecule has 0 radical (unpaired) electrons. The second kappa shape index (κ2) is 8.05. The highest BCUT2D eigenvalue weighted by Crippen LogP contribution is 2.42. The topological polar surface area (TPSA) is 91.2 Å². The summed E-state index contributed by atoms with van der Waals surface area (Å²) in [6.45, 7) is 2.03. The first-order valence-electron chi connectivity index (χ1n) is 9.15. The zero-order valence-electron chi connectivity index (χ0n) is 16.3. The molecule has 0 bridgehead atoms. The maximum Gasteiger partial charge on any atom is 0.226 e. The maximum atomic E-state index is 12.5. The lowest BCUT2D eigenvalue weighted by Gasteiger charge is -2.25. The number of anilines is 1. The van der Waals surface area contributed by atoms with Gasteiger partial charge in [-0.3, -0.25) is 4.79 Å². The van der Waals surface area contributed by atoms with Crippen LogP contribution in [0.25, 0.3) is 5.82 Å². The minimum absolute atomic E-state index is 0.123. The molecule has 4 rings (SSSR count). The van der Waals surface area contributed by atoms with Gasteiger partial charge in [-0.05, 0) is 36.8 Å². The Morgan fingerprint density at radius 3 is 2.83 bits per heavy atom. The fourth-order valence-electron chi connectivity index (χ4n) is 3.56. The molecule has 1 aromatic carbocycles. The number of carbonyl (C=O) groups excluding carboxylic acids is 1. The fraction of sp³-hybridized carbons (Fsp3) is 0.238. The molecule has 2 aromatic heterocycles. The van der Waals surface area contributed by atoms with Crippen LogP contribution in [0, 0.1) is 19.3 Å². The van der Waals surface area contributed by atoms with Gasteiger partial charge in [0.25, 0.3) is 0 Å². The zero-order valence-corrected chi connectivity index (χ0v) is 17.1. The quantitative estimate of drug-likeness (QED) is 0.634. The summed E-state index contributed by atoms with van der Waals surface area (Å²) >= 11 is 5.84. The monoisotopic (exact) mass is 423 g/mol. The van der Waals surface area contributed by atoms with Crippen LogP contribution in [0.15, 0.2) is 30.3 Å². The van der Waals surface area contributed by atoms with Crippen molar-refractivity contribution in [1.82, 2.24) is 20.0 Å². The van der Waals surface area contributed by atoms with Crippen molar-refractivity contribution >= 4 is 23.3 Å². The molecule has 3 heterocycles. The summed E-state index contributed by atoms with van der Waals surface area (Å²) in [6.07, 6.45) is 5.55. The molecular weight excluding hydrogens is 406 g/mol. The Morgan fingerprint density at radius 2 is 2.13 bits per heavy atom. The predicted octanol–water partition coefficient (Wildman–Crippen LogP) is 3.12. The van der Waals surface area contributed by atoms with Crippen LogP contribution in [0.4, 0.5) is 5.82 Å². The number of hydrogen-bond donors (Lipinski definition) is 1. The van der Waals surface area contributed by atoms with E-state index in [-0.39, 0.29) is 30.0 Å². The van der Waals surface area contributed by atoms with Crippen LogP contribution in [0.2, 0.25) is 5.15 Å². The third-order valence-corrected chi connectivity index (χ3v) is 5.04. The number of fused-ring (bicyclic) bond motifs is 1. The van der Waals surface area contributed by atoms with Crippen LogP contribution in [0.1, 0.15) is 29.2 Å². The molecule has 0 aliphatic carbocycles. The maximum absolute atomic E-state index is 12.5. The minimum Gasteiger partial charge on any atom is -0.493 e. The first-order valence-corrected chi connectivity index (χ1v) is 9.52. The number of nitrogens with zero attached hydrogens (tertiary/aromatic N) is 4. The van der Waals surface area contributed by atoms with Gasteiger partial charge in [-0.15, -0.1) is 16.6 Å². The van der Waals surface area contributed by atoms with Gasteiger partial charge in [0.15, 0.2) is 22.5 Å². The van der Waals surface area contributed by atoms with E-state index in [1.54, 1.807) is 30.0 Å². The first-order chi connectivity index (χ1) is 14.5. The van der Waals surface area contributed by atoms with Crippen molar-refractivity contribution in [1.29, 1.82) is 0 Å². The van der Waals surface area contributed by atoms with Crippen molar-refractivity contribution < 1.29 is 14.3 Å². The van der Waals surface area contributed by atoms with E-state index in [1.807, 2.05) is 19.1 Å². The normalized spacial score (nSPS) is 15.1. The van der Waals surface area contributed by atoms with Crippen LogP contribution in [0.5, 0.6) is 11.5 Å². The number of terminal acetylenes is 1. The van der Waals surface area contributed by atoms with Crippen molar-refractivity contribution in [3.8, 4) is 29.7 Å². The largest absolute Gasteiger partial charge is 0.493 e. The Hall–Kier alpha value is -3.57. The lowest BCUT2D eigenvalue weighted by atomic mass is 9.85. The summed E-state index contributed by atoms with van der Waals surface area (Å²) in [6, 6.07) is 8.87. The number of methoxy groups -OCH3 is 1. The number of hydrogen-bond acceptors (Lipinski definition) is 6. The number of ether oxygens (including phenoxy) is 2. The van der Waals surface area contributed by atoms with Crippen LogP contribution >= 0.6 is 11.6 Å². The second-order valence-corrected chi connectivity index (χ2v) is 7.07. The van der Waals surface area contributed by atoms with E-state index < -0.39 is 0 Å². The van der Waals surface area contributed by atoms with E-state index in [2.05, 4.69) is 26.5 Å². The molecule has 1 amide bonds. The fourth-order valence-corrected chi connectivity index (χ4v) is 3.66. The van der Waals surface area contributed by atoms with Gasteiger partial charge >= 0.3 is 0 Å². The second-order valence-electron chi connectivity index (χ2n) is 6.68. The number of amides is 1. The Kier molecular flexibility index (Phi) is 5.29. The summed E-state index contributed by atoms with van der Waals surface area (Å²) in [4.78, 5) is 12.5. The van der Waals surface area contributed by atoms with E-state index in [0.717, 1.165) is 16.8 Å². The molecule has 1 aliphatic heterocycles. The lowest BCUT2D eigenvalue weighted by molar-refractivity contribution is -0.116. The lowest BCUT2D eigenvalue weighted by Crippen LogP contribution is -2.25. The van der Waals surface area contributed by atoms with Gasteiger partial charge in [0.1, 0.15) is 12.4 Å². The number of aryl methyl sites for hydroxylation is 1. The average molecular weight is 424 g/mol. The standard InChI is InChI=1S/C21H18ClN5O3/c1-4-9-30-15-6-5-13(10-16(15)29-3)14-11-19(28)23-21-20(14)12(2)26-27(21)18-8-7-17(22)24-25-18/h1,5-8,10,14H,9,11H2,2-3H3,(H,23,28). The Morgan fingerprint density at radius 1 is 1.30 bits per heavy atom. The molecule has 8 nitrogen and oxygen atoms in total. The highest BCUT2D eigenvalue weighted by Gasteiger charge is 2.33. The number of halogens is 1. The van der Waals surface area contributed by atoms with Gasteiger partial charge in [-0.1, -0.05) is 23.6 Å². The summed E-state index contributed by atoms with van der Waals surface area (Å²) < 4.78 is 12.6. The SMILES string of the molecule is C#CCOc1ccc(C2CC(=O)Nc3c2c(C)nn3-c2ccc(Cl)nn2)cc1OC. The molecule has 0 fully saturated rings. The number of nitrogens with one attached hydrogen (secondary N) is 1. The van der Waals surface area contributed by atoms with Crippen molar-refractivity contribution in [2.75, 3.05) is 19.0 Å². The van der Waals surface area contributed by atoms with Crippen molar-refractivity contribution in [3.63, 3.8) is 0 Å². The summed E-state index contributed by atoms with van der Waals surface area (Å²) in [5.74, 6) is 4.22. The summed E-state index contributed by atoms with van der Waals surface area (Å²) in [5.41, 5.74) is 2.59. The molecule has 0 saturated carbocycles. The van der Waals surface area contributed by atoms with Crippen molar-refractivity contribution in [3.05, 3.63) is 52.3 Å². The average Bonchev–Trinajstić information content (AvgIpc) is 3.08. The van der Waals surface area contributed by atoms with Crippen LogP contribution < -0.4 is 14.8 Å². The molecule has 1 aliphatic rings. The molecule has 1 atom stereocenters. The molecule has 0 saturated heterocycles. The zero-order chi connectivity index (χ0) is 21.3. The van der Waals surface area contributed by atoms with Gasteiger partial charge < -0.3 is 14.8 Å². The van der Waals surface area contributed by atoms with Crippen LogP contribution in [-0.2, 0) is 4.79 Å². The predicted molar refractivity (Wildman–Crippen MR) is 111 cm³/mol. The molecular formula is C21H18ClN5O3. The highest BCUT2D eigenvalue weighted by atomic mass is 35.5. The van der Waals surface area contributed by atoms with Crippen LogP contribution in [-0.4, -0.2) is 39.6 Å². The molecule has 9 heteroatoms. The van der Waals surface area contributed by atoms with Gasteiger partial charge in [0.2, 0.25) is 5.91 Å². The summed E-state index contributed by atoms with van der Waals surface area (Å²) in [7, 11) is 1.56. The minimum atomic E-state index is -0.210. The number of aromatic nitrogens is 4. The van der Waals surface area contributed by atoms with E-state index in [4.69, 9.17) is 27.5 Å². The van der Waals surface area contributed by atoms with Gasteiger partial charge in [0, 0.05) is 17.9 Å². The Balaban J connectivity index is 1.79. The van der Waals surface area contributed by atoms with Gasteiger partial charge in [-0.25, -0.2) is 0 Å². The molecule has 1 N–H and O–H groups in total. The molecule has 30 heavy (non-hydrogen) atoms. The molecule has 3 aromatic rings. The van der Waals surface area contributed by atoms with Crippen molar-refractivity contribution in [2.24, 2.45) is 0 Å². The van der Waals surface area contributed by atoms with E-state index in [1.165, 1.54) is 0 Å². The number of benzene rings is 1. The first kappa shape index (κ1) is 19.7. The highest BCUT2D eigenvalue weighted by molar-refractivity contribution is 6.29. The van der Waals surface area contributed by atoms with E-state index in [0.29, 0.717) is 23.1 Å². The van der Waals surface area contributed by atoms with Crippen molar-refractivity contribution in [2.45, 2.75) is 19.3 Å². The number of rotatable bonds is 5. The van der Waals surface area contributed by atoms with E-state index >= 15 is 0 Å². The third kappa shape index (κ3) is 3.55. The smallest absolute Gasteiger partial charge is 0.226 e. The molecule has 152 valence electrons. The molecule has 0 spiro atoms. The summed E-state index contributed by atoms with van der Waals surface area (Å²) in [5, 5.41) is 15.7. The van der Waals surface area contributed by atoms with E-state index in [9.17, 15) is 4.79 Å². The number of carbonyl (C=O) groups is 1. The van der Waals surface area contributed by atoms with Gasteiger partial charge in [0.05, 0.1) is 12.8 Å². The molecule has 1 unspecified atom stereocenters. The Labute approximate surface area is 178 Å². The van der Waals surface area contributed by atoms with Crippen LogP contribution in [0.3, 0.4) is 0 Å². The van der Waals surface area contributed by atoms with Gasteiger partial charge in [-0.2, -0.15) is 9.78 Å². The Bertz CT molecular complexity index is 1150. The third-order valence-electron chi connectivity index (χ3n) is 4.84.